The van der Waals surface area contributed by atoms with Crippen molar-refractivity contribution in [3.8, 4) is 95.2 Å². The zero-order valence-corrected chi connectivity index (χ0v) is 41.0. The molecule has 4 nitrogen and oxygen atoms in total. The monoisotopic (exact) mass is 961 g/mol. The van der Waals surface area contributed by atoms with Crippen molar-refractivity contribution in [1.29, 1.82) is 0 Å². The summed E-state index contributed by atoms with van der Waals surface area (Å²) in [6.45, 7) is 0. The Morgan fingerprint density at radius 2 is 0.676 bits per heavy atom. The van der Waals surface area contributed by atoms with Crippen LogP contribution in [0.5, 0.6) is 0 Å². The molecule has 0 aliphatic rings. The number of rotatable bonds is 9. The summed E-state index contributed by atoms with van der Waals surface area (Å²) < 4.78 is 5.90. The Bertz CT molecular complexity index is 4160. The number of benzene rings is 11. The second kappa shape index (κ2) is 18.2. The van der Waals surface area contributed by atoms with Gasteiger partial charge in [0.1, 0.15) is 0 Å². The van der Waals surface area contributed by atoms with E-state index in [1.165, 1.54) is 44.2 Å². The molecule has 0 aliphatic carbocycles. The molecule has 0 saturated carbocycles. The highest BCUT2D eigenvalue weighted by molar-refractivity contribution is 7.10. The first-order chi connectivity index (χ1) is 36.7. The molecule has 0 unspecified atom stereocenters. The Kier molecular flexibility index (Phi) is 10.7. The van der Waals surface area contributed by atoms with Gasteiger partial charge < -0.3 is 4.57 Å². The van der Waals surface area contributed by atoms with Crippen molar-refractivity contribution in [2.45, 2.75) is 0 Å². The molecule has 0 N–H and O–H groups in total. The van der Waals surface area contributed by atoms with Crippen LogP contribution in [-0.4, -0.2) is 14.5 Å². The lowest BCUT2D eigenvalue weighted by Gasteiger charge is -2.21. The van der Waals surface area contributed by atoms with E-state index in [0.29, 0.717) is 5.82 Å². The van der Waals surface area contributed by atoms with Crippen LogP contribution >= 0.6 is 11.5 Å². The summed E-state index contributed by atoms with van der Waals surface area (Å²) in [6, 6.07) is 98.5. The fraction of sp³-hybridized carbons (Fsp3) is 0. The van der Waals surface area contributed by atoms with E-state index in [-0.39, 0.29) is 0 Å². The minimum absolute atomic E-state index is 0.682. The molecule has 14 rings (SSSR count). The zero-order chi connectivity index (χ0) is 49.0. The van der Waals surface area contributed by atoms with Crippen LogP contribution in [0.15, 0.2) is 273 Å². The maximum atomic E-state index is 5.54. The van der Waals surface area contributed by atoms with Crippen LogP contribution < -0.4 is 3.79 Å². The first-order valence-corrected chi connectivity index (χ1v) is 25.8. The van der Waals surface area contributed by atoms with E-state index in [0.717, 1.165) is 82.8 Å². The fourth-order valence-corrected chi connectivity index (χ4v) is 11.7. The van der Waals surface area contributed by atoms with Gasteiger partial charge in [0.05, 0.1) is 37.9 Å². The van der Waals surface area contributed by atoms with Gasteiger partial charge in [0.25, 0.3) is 11.5 Å². The van der Waals surface area contributed by atoms with E-state index in [9.17, 15) is 0 Å². The van der Waals surface area contributed by atoms with E-state index in [1.54, 1.807) is 11.5 Å². The third-order valence-electron chi connectivity index (χ3n) is 14.3. The lowest BCUT2D eigenvalue weighted by Crippen LogP contribution is -2.23. The molecular formula is C69H45N4S+. The Morgan fingerprint density at radius 1 is 0.297 bits per heavy atom. The number of aromatic nitrogens is 4. The molecule has 0 aliphatic heterocycles. The van der Waals surface area contributed by atoms with Gasteiger partial charge in [-0.3, -0.25) is 0 Å². The summed E-state index contributed by atoms with van der Waals surface area (Å²) >= 11 is 1.68. The first kappa shape index (κ1) is 43.3. The minimum Gasteiger partial charge on any atom is -0.308 e. The van der Waals surface area contributed by atoms with Crippen molar-refractivity contribution in [2.75, 3.05) is 0 Å². The molecule has 0 fully saturated rings. The summed E-state index contributed by atoms with van der Waals surface area (Å²) in [5.41, 5.74) is 19.9. The molecule has 0 spiro atoms. The van der Waals surface area contributed by atoms with Gasteiger partial charge in [-0.1, -0.05) is 222 Å². The summed E-state index contributed by atoms with van der Waals surface area (Å²) in [7, 11) is 0. The first-order valence-electron chi connectivity index (χ1n) is 25.1. The standard InChI is InChI=1S/C69H45N4S/c1-6-18-46(19-7-1)50-30-34-52(35-31-50)59-44-57(68-70-67(54-26-14-5-15-27-54)71-69-58-28-16-17-29-65(58)74-73(68)69)45-60(53-36-32-51(33-37-53)47-20-8-2-9-21-47)66(59)72-63-40-38-55(48-22-10-3-11-23-48)42-61(63)62-43-56(39-41-64(62)72)49-24-12-4-13-25-49/h1-45H/q+1. The van der Waals surface area contributed by atoms with Gasteiger partial charge in [0.15, 0.2) is 0 Å². The van der Waals surface area contributed by atoms with Gasteiger partial charge in [-0.25, -0.2) is 0 Å². The summed E-state index contributed by atoms with van der Waals surface area (Å²) in [5, 5.41) is 3.47. The lowest BCUT2D eigenvalue weighted by atomic mass is 9.91. The van der Waals surface area contributed by atoms with E-state index in [1.807, 2.05) is 6.07 Å². The third kappa shape index (κ3) is 7.66. The van der Waals surface area contributed by atoms with E-state index in [4.69, 9.17) is 9.97 Å². The van der Waals surface area contributed by atoms with Crippen molar-refractivity contribution in [2.24, 2.45) is 0 Å². The molecule has 346 valence electrons. The zero-order valence-electron chi connectivity index (χ0n) is 40.2. The van der Waals surface area contributed by atoms with Gasteiger partial charge in [-0.05, 0) is 116 Å². The molecular weight excluding hydrogens is 917 g/mol. The average Bonchev–Trinajstić information content (AvgIpc) is 4.03. The van der Waals surface area contributed by atoms with Crippen LogP contribution in [0.1, 0.15) is 0 Å². The quantitative estimate of drug-likeness (QED) is 0.135. The summed E-state index contributed by atoms with van der Waals surface area (Å²) in [5.74, 6) is 1.51. The van der Waals surface area contributed by atoms with Gasteiger partial charge in [-0.2, -0.15) is 0 Å². The maximum absolute atomic E-state index is 5.54. The highest BCUT2D eigenvalue weighted by Gasteiger charge is 2.28. The summed E-state index contributed by atoms with van der Waals surface area (Å²) in [4.78, 5) is 10.8. The Labute approximate surface area is 433 Å². The van der Waals surface area contributed by atoms with Crippen molar-refractivity contribution >= 4 is 49.1 Å². The molecule has 0 bridgehead atoms. The second-order valence-electron chi connectivity index (χ2n) is 18.8. The molecule has 11 aromatic carbocycles. The van der Waals surface area contributed by atoms with E-state index >= 15 is 0 Å². The predicted octanol–water partition coefficient (Wildman–Crippen LogP) is 17.9. The highest BCUT2D eigenvalue weighted by Crippen LogP contribution is 2.46. The van der Waals surface area contributed by atoms with Gasteiger partial charge in [0, 0.05) is 33.4 Å². The molecule has 3 heterocycles. The van der Waals surface area contributed by atoms with Gasteiger partial charge >= 0.3 is 5.82 Å². The van der Waals surface area contributed by atoms with Crippen molar-refractivity contribution < 1.29 is 3.79 Å². The number of nitrogens with zero attached hydrogens (tertiary/aromatic N) is 4. The van der Waals surface area contributed by atoms with Crippen molar-refractivity contribution in [1.82, 2.24) is 14.5 Å². The van der Waals surface area contributed by atoms with Crippen molar-refractivity contribution in [3.05, 3.63) is 273 Å². The smallest absolute Gasteiger partial charge is 0.308 e. The number of hydrogen-bond donors (Lipinski definition) is 0. The van der Waals surface area contributed by atoms with Crippen LogP contribution in [0.2, 0.25) is 0 Å². The van der Waals surface area contributed by atoms with Crippen LogP contribution in [0.3, 0.4) is 0 Å². The molecule has 5 heteroatoms. The molecule has 14 aromatic rings. The lowest BCUT2D eigenvalue weighted by molar-refractivity contribution is -0.424. The summed E-state index contributed by atoms with van der Waals surface area (Å²) in [6.07, 6.45) is 0. The highest BCUT2D eigenvalue weighted by atomic mass is 32.1. The third-order valence-corrected chi connectivity index (χ3v) is 15.4. The average molecular weight is 962 g/mol. The Balaban J connectivity index is 1.11. The van der Waals surface area contributed by atoms with Gasteiger partial charge in [-0.15, -0.1) is 3.79 Å². The minimum atomic E-state index is 0.682. The van der Waals surface area contributed by atoms with Crippen LogP contribution in [0, 0.1) is 0 Å². The van der Waals surface area contributed by atoms with Crippen LogP contribution in [0.4, 0.5) is 0 Å². The number of fused-ring (bicyclic) bond motifs is 6. The molecule has 0 radical (unpaired) electrons. The number of hydrogen-bond acceptors (Lipinski definition) is 3. The maximum Gasteiger partial charge on any atom is 0.308 e. The van der Waals surface area contributed by atoms with E-state index in [2.05, 4.69) is 275 Å². The molecule has 0 saturated heterocycles. The topological polar surface area (TPSA) is 34.8 Å². The SMILES string of the molecule is c1ccc(-c2ccc(-c3cc(-c4nc(-c5ccccc5)nc5c6ccccc6s[n+]45)cc(-c4ccc(-c5ccccc5)cc4)c3-n3c4ccc(-c5ccccc5)cc4c4cc(-c5ccccc5)ccc43)cc2)cc1. The Morgan fingerprint density at radius 3 is 1.15 bits per heavy atom. The molecule has 0 amide bonds. The fourth-order valence-electron chi connectivity index (χ4n) is 10.7. The van der Waals surface area contributed by atoms with Gasteiger partial charge in [0.2, 0.25) is 0 Å². The van der Waals surface area contributed by atoms with E-state index < -0.39 is 0 Å². The molecule has 3 aromatic heterocycles. The Hall–Kier alpha value is -9.55. The largest absolute Gasteiger partial charge is 0.308 e. The predicted molar refractivity (Wildman–Crippen MR) is 308 cm³/mol. The van der Waals surface area contributed by atoms with Crippen LogP contribution in [0.25, 0.3) is 133 Å². The van der Waals surface area contributed by atoms with Crippen molar-refractivity contribution in [3.63, 3.8) is 0 Å². The molecule has 74 heavy (non-hydrogen) atoms. The molecule has 0 atom stereocenters. The normalized spacial score (nSPS) is 11.5. The van der Waals surface area contributed by atoms with Crippen LogP contribution in [-0.2, 0) is 0 Å². The second-order valence-corrected chi connectivity index (χ2v) is 19.8.